The summed E-state index contributed by atoms with van der Waals surface area (Å²) >= 11 is 0. The Balaban J connectivity index is 2.59. The molecular weight excluding hydrogens is 240 g/mol. The van der Waals surface area contributed by atoms with Crippen LogP contribution < -0.4 is 9.47 Å². The van der Waals surface area contributed by atoms with Crippen molar-refractivity contribution in [2.24, 2.45) is 0 Å². The van der Waals surface area contributed by atoms with Gasteiger partial charge in [0.25, 0.3) is 0 Å². The van der Waals surface area contributed by atoms with Crippen molar-refractivity contribution in [3.63, 3.8) is 0 Å². The van der Waals surface area contributed by atoms with E-state index < -0.39 is 0 Å². The third-order valence-electron chi connectivity index (χ3n) is 2.84. The molecule has 0 atom stereocenters. The lowest BCUT2D eigenvalue weighted by molar-refractivity contribution is 0.411. The first-order chi connectivity index (χ1) is 9.19. The first-order valence-corrected chi connectivity index (χ1v) is 5.78. The summed E-state index contributed by atoms with van der Waals surface area (Å²) in [7, 11) is 3.13. The number of aromatic nitrogens is 1. The summed E-state index contributed by atoms with van der Waals surface area (Å²) in [5.74, 6) is 1.20. The van der Waals surface area contributed by atoms with E-state index in [1.165, 1.54) is 7.11 Å². The Hall–Kier alpha value is -2.54. The Kier molecular flexibility index (Phi) is 3.67. The fourth-order valence-corrected chi connectivity index (χ4v) is 1.86. The predicted molar refractivity (Wildman–Crippen MR) is 72.2 cm³/mol. The molecule has 0 bridgehead atoms. The van der Waals surface area contributed by atoms with Gasteiger partial charge in [-0.25, -0.2) is 0 Å². The zero-order chi connectivity index (χ0) is 13.8. The highest BCUT2D eigenvalue weighted by Gasteiger charge is 2.11. The Morgan fingerprint density at radius 1 is 1.11 bits per heavy atom. The molecule has 0 aliphatic carbocycles. The Bertz CT molecular complexity index is 645. The van der Waals surface area contributed by atoms with Crippen molar-refractivity contribution < 1.29 is 9.47 Å². The third kappa shape index (κ3) is 2.50. The first kappa shape index (κ1) is 12.9. The van der Waals surface area contributed by atoms with Crippen molar-refractivity contribution in [2.75, 3.05) is 14.2 Å². The van der Waals surface area contributed by atoms with E-state index in [0.717, 1.165) is 16.9 Å². The van der Waals surface area contributed by atoms with Crippen molar-refractivity contribution in [3.8, 4) is 28.8 Å². The van der Waals surface area contributed by atoms with E-state index in [9.17, 15) is 0 Å². The lowest BCUT2D eigenvalue weighted by Crippen LogP contribution is -1.94. The van der Waals surface area contributed by atoms with Gasteiger partial charge in [-0.05, 0) is 25.1 Å². The lowest BCUT2D eigenvalue weighted by Gasteiger charge is -2.10. The van der Waals surface area contributed by atoms with Gasteiger partial charge in [0.2, 0.25) is 0 Å². The first-order valence-electron chi connectivity index (χ1n) is 5.78. The summed E-state index contributed by atoms with van der Waals surface area (Å²) < 4.78 is 10.4. The molecule has 0 aliphatic rings. The van der Waals surface area contributed by atoms with Crippen LogP contribution in [-0.4, -0.2) is 19.2 Å². The number of nitriles is 1. The van der Waals surface area contributed by atoms with E-state index in [-0.39, 0.29) is 0 Å². The number of hydrogen-bond acceptors (Lipinski definition) is 4. The van der Waals surface area contributed by atoms with Crippen LogP contribution in [0.1, 0.15) is 11.1 Å². The molecule has 0 amide bonds. The number of hydrogen-bond donors (Lipinski definition) is 0. The summed E-state index contributed by atoms with van der Waals surface area (Å²) in [6, 6.07) is 9.65. The standard InChI is InChI=1S/C15H14N2O2/c1-10-4-5-14(18-2)12(6-10)13-7-11(8-16)15(19-3)9-17-13/h4-7,9H,1-3H3. The van der Waals surface area contributed by atoms with Crippen molar-refractivity contribution in [3.05, 3.63) is 41.6 Å². The molecule has 19 heavy (non-hydrogen) atoms. The minimum Gasteiger partial charge on any atom is -0.496 e. The van der Waals surface area contributed by atoms with Crippen molar-refractivity contribution in [1.29, 1.82) is 5.26 Å². The van der Waals surface area contributed by atoms with Crippen LogP contribution in [0.2, 0.25) is 0 Å². The Morgan fingerprint density at radius 3 is 2.47 bits per heavy atom. The van der Waals surface area contributed by atoms with Crippen molar-refractivity contribution >= 4 is 0 Å². The summed E-state index contributed by atoms with van der Waals surface area (Å²) in [6.07, 6.45) is 1.55. The second kappa shape index (κ2) is 5.40. The van der Waals surface area contributed by atoms with Crippen molar-refractivity contribution in [1.82, 2.24) is 4.98 Å². The van der Waals surface area contributed by atoms with Gasteiger partial charge >= 0.3 is 0 Å². The molecule has 2 aromatic rings. The highest BCUT2D eigenvalue weighted by Crippen LogP contribution is 2.31. The van der Waals surface area contributed by atoms with E-state index in [2.05, 4.69) is 11.1 Å². The molecule has 0 fully saturated rings. The van der Waals surface area contributed by atoms with Gasteiger partial charge in [0, 0.05) is 5.56 Å². The number of pyridine rings is 1. The molecule has 0 radical (unpaired) electrons. The smallest absolute Gasteiger partial charge is 0.154 e. The fourth-order valence-electron chi connectivity index (χ4n) is 1.86. The van der Waals surface area contributed by atoms with Gasteiger partial charge in [0.1, 0.15) is 11.8 Å². The molecule has 0 aliphatic heterocycles. The normalized spacial score (nSPS) is 9.79. The zero-order valence-corrected chi connectivity index (χ0v) is 11.1. The Morgan fingerprint density at radius 2 is 1.84 bits per heavy atom. The van der Waals surface area contributed by atoms with E-state index in [1.54, 1.807) is 19.4 Å². The number of nitrogens with zero attached hydrogens (tertiary/aromatic N) is 2. The summed E-state index contributed by atoms with van der Waals surface area (Å²) in [6.45, 7) is 2.00. The minimum atomic E-state index is 0.455. The number of benzene rings is 1. The van der Waals surface area contributed by atoms with Crippen LogP contribution in [0.3, 0.4) is 0 Å². The maximum atomic E-state index is 9.11. The van der Waals surface area contributed by atoms with Crippen LogP contribution in [-0.2, 0) is 0 Å². The van der Waals surface area contributed by atoms with E-state index in [4.69, 9.17) is 14.7 Å². The molecule has 1 aromatic carbocycles. The van der Waals surface area contributed by atoms with E-state index >= 15 is 0 Å². The van der Waals surface area contributed by atoms with Gasteiger partial charge in [0.05, 0.1) is 31.7 Å². The fraction of sp³-hybridized carbons (Fsp3) is 0.200. The van der Waals surface area contributed by atoms with E-state index in [0.29, 0.717) is 17.0 Å². The lowest BCUT2D eigenvalue weighted by atomic mass is 10.1. The molecule has 1 heterocycles. The topological polar surface area (TPSA) is 55.1 Å². The molecule has 96 valence electrons. The summed E-state index contributed by atoms with van der Waals surface area (Å²) in [5.41, 5.74) is 3.11. The number of rotatable bonds is 3. The number of aryl methyl sites for hydroxylation is 1. The molecule has 0 spiro atoms. The van der Waals surface area contributed by atoms with E-state index in [1.807, 2.05) is 25.1 Å². The van der Waals surface area contributed by atoms with Crippen LogP contribution in [0.15, 0.2) is 30.5 Å². The van der Waals surface area contributed by atoms with Crippen LogP contribution in [0.5, 0.6) is 11.5 Å². The molecule has 0 saturated heterocycles. The quantitative estimate of drug-likeness (QED) is 0.845. The van der Waals surface area contributed by atoms with Crippen LogP contribution in [0, 0.1) is 18.3 Å². The second-order valence-corrected chi connectivity index (χ2v) is 4.09. The third-order valence-corrected chi connectivity index (χ3v) is 2.84. The van der Waals surface area contributed by atoms with Gasteiger partial charge in [0.15, 0.2) is 5.75 Å². The van der Waals surface area contributed by atoms with Gasteiger partial charge in [-0.15, -0.1) is 0 Å². The zero-order valence-electron chi connectivity index (χ0n) is 11.1. The van der Waals surface area contributed by atoms with Gasteiger partial charge in [-0.2, -0.15) is 5.26 Å². The summed E-state index contributed by atoms with van der Waals surface area (Å²) in [4.78, 5) is 4.32. The van der Waals surface area contributed by atoms with Crippen LogP contribution in [0.4, 0.5) is 0 Å². The van der Waals surface area contributed by atoms with Gasteiger partial charge in [-0.1, -0.05) is 11.6 Å². The molecule has 1 aromatic heterocycles. The second-order valence-electron chi connectivity index (χ2n) is 4.09. The molecule has 0 unspecified atom stereocenters. The molecule has 0 saturated carbocycles. The average molecular weight is 254 g/mol. The summed E-state index contributed by atoms with van der Waals surface area (Å²) in [5, 5.41) is 9.11. The molecule has 4 heteroatoms. The highest BCUT2D eigenvalue weighted by molar-refractivity contribution is 5.70. The monoisotopic (exact) mass is 254 g/mol. The van der Waals surface area contributed by atoms with Crippen LogP contribution in [0.25, 0.3) is 11.3 Å². The minimum absolute atomic E-state index is 0.455. The molecule has 2 rings (SSSR count). The molecular formula is C15H14N2O2. The van der Waals surface area contributed by atoms with Crippen LogP contribution >= 0.6 is 0 Å². The molecule has 4 nitrogen and oxygen atoms in total. The molecule has 0 N–H and O–H groups in total. The van der Waals surface area contributed by atoms with Crippen molar-refractivity contribution in [2.45, 2.75) is 6.92 Å². The predicted octanol–water partition coefficient (Wildman–Crippen LogP) is 2.95. The number of methoxy groups -OCH3 is 2. The average Bonchev–Trinajstić information content (AvgIpc) is 2.46. The Labute approximate surface area is 112 Å². The largest absolute Gasteiger partial charge is 0.496 e. The van der Waals surface area contributed by atoms with Gasteiger partial charge in [-0.3, -0.25) is 4.98 Å². The van der Waals surface area contributed by atoms with Gasteiger partial charge < -0.3 is 9.47 Å². The number of ether oxygens (including phenoxy) is 2. The maximum absolute atomic E-state index is 9.11. The SMILES string of the molecule is COc1cnc(-c2cc(C)ccc2OC)cc1C#N. The maximum Gasteiger partial charge on any atom is 0.154 e. The highest BCUT2D eigenvalue weighted by atomic mass is 16.5.